The lowest BCUT2D eigenvalue weighted by molar-refractivity contribution is 0.0384. The Balaban J connectivity index is 3.79. The van der Waals surface area contributed by atoms with E-state index in [1.807, 2.05) is 0 Å². The first-order valence-corrected chi connectivity index (χ1v) is 2.31. The van der Waals surface area contributed by atoms with Crippen LogP contribution in [0.25, 0.3) is 0 Å². The maximum absolute atomic E-state index is 10.7. The van der Waals surface area contributed by atoms with Crippen LogP contribution in [0.15, 0.2) is 12.2 Å². The minimum atomic E-state index is -0.944. The van der Waals surface area contributed by atoms with E-state index in [-0.39, 0.29) is 0 Å². The Bertz CT molecular complexity index is 76.7. The SMILES string of the molecule is C=C(C)C(C)(C)[O]. The maximum atomic E-state index is 10.7. The highest BCUT2D eigenvalue weighted by molar-refractivity contribution is 5.03. The monoisotopic (exact) mass is 99.1 g/mol. The van der Waals surface area contributed by atoms with Crippen molar-refractivity contribution < 1.29 is 5.11 Å². The van der Waals surface area contributed by atoms with E-state index < -0.39 is 5.60 Å². The second-order valence-corrected chi connectivity index (χ2v) is 2.29. The molecule has 0 atom stereocenters. The fourth-order valence-corrected chi connectivity index (χ4v) is 0. The molecule has 0 rings (SSSR count). The Morgan fingerprint density at radius 3 is 1.71 bits per heavy atom. The topological polar surface area (TPSA) is 19.9 Å². The van der Waals surface area contributed by atoms with Crippen molar-refractivity contribution in [2.75, 3.05) is 0 Å². The van der Waals surface area contributed by atoms with Gasteiger partial charge in [0.15, 0.2) is 0 Å². The Morgan fingerprint density at radius 1 is 1.57 bits per heavy atom. The lowest BCUT2D eigenvalue weighted by atomic mass is 10.0. The number of rotatable bonds is 1. The highest BCUT2D eigenvalue weighted by Gasteiger charge is 2.14. The minimum Gasteiger partial charge on any atom is -0.225 e. The molecule has 0 amide bonds. The lowest BCUT2D eigenvalue weighted by Gasteiger charge is -2.11. The molecule has 0 saturated heterocycles. The molecule has 0 aliphatic heterocycles. The van der Waals surface area contributed by atoms with Gasteiger partial charge >= 0.3 is 0 Å². The third kappa shape index (κ3) is 2.40. The van der Waals surface area contributed by atoms with Gasteiger partial charge in [0.25, 0.3) is 0 Å². The standard InChI is InChI=1S/C6H11O/c1-5(2)6(3,4)7/h1H2,2-4H3. The number of hydrogen-bond donors (Lipinski definition) is 0. The minimum absolute atomic E-state index is 0.688. The molecule has 7 heavy (non-hydrogen) atoms. The molecule has 0 aromatic carbocycles. The van der Waals surface area contributed by atoms with Crippen LogP contribution >= 0.6 is 0 Å². The lowest BCUT2D eigenvalue weighted by Crippen LogP contribution is -2.16. The van der Waals surface area contributed by atoms with Crippen LogP contribution in [-0.4, -0.2) is 5.60 Å². The van der Waals surface area contributed by atoms with Crippen molar-refractivity contribution in [3.05, 3.63) is 12.2 Å². The third-order valence-electron chi connectivity index (χ3n) is 1.03. The summed E-state index contributed by atoms with van der Waals surface area (Å²) in [5.41, 5.74) is -0.257. The summed E-state index contributed by atoms with van der Waals surface area (Å²) in [6.07, 6.45) is 0. The molecule has 0 aromatic rings. The molecule has 0 bridgehead atoms. The van der Waals surface area contributed by atoms with Gasteiger partial charge in [0.2, 0.25) is 0 Å². The van der Waals surface area contributed by atoms with Gasteiger partial charge in [0.05, 0.1) is 0 Å². The number of hydrogen-bond acceptors (Lipinski definition) is 0. The van der Waals surface area contributed by atoms with E-state index in [9.17, 15) is 5.11 Å². The van der Waals surface area contributed by atoms with Crippen molar-refractivity contribution in [1.82, 2.24) is 0 Å². The first-order valence-electron chi connectivity index (χ1n) is 2.31. The summed E-state index contributed by atoms with van der Waals surface area (Å²) in [6.45, 7) is 8.47. The van der Waals surface area contributed by atoms with Gasteiger partial charge in [0, 0.05) is 0 Å². The quantitative estimate of drug-likeness (QED) is 0.446. The van der Waals surface area contributed by atoms with E-state index >= 15 is 0 Å². The zero-order valence-corrected chi connectivity index (χ0v) is 5.12. The molecule has 1 radical (unpaired) electrons. The fraction of sp³-hybridized carbons (Fsp3) is 0.667. The molecule has 1 heteroatoms. The molecule has 0 spiro atoms. The molecule has 1 nitrogen and oxygen atoms in total. The third-order valence-corrected chi connectivity index (χ3v) is 1.03. The van der Waals surface area contributed by atoms with E-state index in [0.29, 0.717) is 5.57 Å². The van der Waals surface area contributed by atoms with Gasteiger partial charge in [-0.1, -0.05) is 6.58 Å². The van der Waals surface area contributed by atoms with E-state index in [4.69, 9.17) is 0 Å². The van der Waals surface area contributed by atoms with E-state index in [1.165, 1.54) is 0 Å². The summed E-state index contributed by atoms with van der Waals surface area (Å²) in [4.78, 5) is 0. The van der Waals surface area contributed by atoms with Crippen molar-refractivity contribution in [2.24, 2.45) is 0 Å². The van der Waals surface area contributed by atoms with Gasteiger partial charge in [0.1, 0.15) is 5.60 Å². The summed E-state index contributed by atoms with van der Waals surface area (Å²) in [6, 6.07) is 0. The van der Waals surface area contributed by atoms with Crippen LogP contribution in [-0.2, 0) is 5.11 Å². The summed E-state index contributed by atoms with van der Waals surface area (Å²) < 4.78 is 0. The molecule has 0 aromatic heterocycles. The van der Waals surface area contributed by atoms with Crippen LogP contribution in [0.2, 0.25) is 0 Å². The van der Waals surface area contributed by atoms with Crippen molar-refractivity contribution in [3.8, 4) is 0 Å². The van der Waals surface area contributed by atoms with E-state index in [0.717, 1.165) is 0 Å². The molecule has 0 N–H and O–H groups in total. The van der Waals surface area contributed by atoms with Crippen LogP contribution in [0.4, 0.5) is 0 Å². The molecule has 41 valence electrons. The summed E-state index contributed by atoms with van der Waals surface area (Å²) >= 11 is 0. The predicted octanol–water partition coefficient (Wildman–Crippen LogP) is 1.77. The van der Waals surface area contributed by atoms with Crippen LogP contribution in [0.5, 0.6) is 0 Å². The zero-order valence-electron chi connectivity index (χ0n) is 5.12. The Kier molecular flexibility index (Phi) is 1.59. The van der Waals surface area contributed by atoms with Gasteiger partial charge < -0.3 is 0 Å². The Morgan fingerprint density at radius 2 is 1.71 bits per heavy atom. The fourth-order valence-electron chi connectivity index (χ4n) is 0. The maximum Gasteiger partial charge on any atom is 0.118 e. The Labute approximate surface area is 44.7 Å². The molecule has 0 aliphatic rings. The molecule has 0 saturated carbocycles. The highest BCUT2D eigenvalue weighted by atomic mass is 16.3. The van der Waals surface area contributed by atoms with Gasteiger partial charge in [-0.15, -0.1) is 0 Å². The van der Waals surface area contributed by atoms with Gasteiger partial charge in [-0.25, -0.2) is 5.11 Å². The largest absolute Gasteiger partial charge is 0.225 e. The molecule has 0 fully saturated rings. The molecular weight excluding hydrogens is 88.1 g/mol. The Hall–Kier alpha value is -0.300. The summed E-state index contributed by atoms with van der Waals surface area (Å²) in [5, 5.41) is 10.7. The summed E-state index contributed by atoms with van der Waals surface area (Å²) in [7, 11) is 0. The average molecular weight is 99.2 g/mol. The molecule has 0 unspecified atom stereocenters. The highest BCUT2D eigenvalue weighted by Crippen LogP contribution is 2.11. The molecule has 0 heterocycles. The second kappa shape index (κ2) is 1.66. The first-order chi connectivity index (χ1) is 2.94. The zero-order chi connectivity index (χ0) is 6.08. The van der Waals surface area contributed by atoms with Crippen LogP contribution in [0, 0.1) is 0 Å². The first kappa shape index (κ1) is 6.70. The van der Waals surface area contributed by atoms with Gasteiger partial charge in [-0.3, -0.25) is 0 Å². The van der Waals surface area contributed by atoms with Crippen LogP contribution in [0.3, 0.4) is 0 Å². The van der Waals surface area contributed by atoms with Crippen molar-refractivity contribution >= 4 is 0 Å². The smallest absolute Gasteiger partial charge is 0.118 e. The van der Waals surface area contributed by atoms with Gasteiger partial charge in [-0.05, 0) is 26.3 Å². The average Bonchev–Trinajstić information content (AvgIpc) is 1.31. The van der Waals surface area contributed by atoms with Gasteiger partial charge in [-0.2, -0.15) is 0 Å². The van der Waals surface area contributed by atoms with Crippen LogP contribution in [0.1, 0.15) is 20.8 Å². The van der Waals surface area contributed by atoms with Crippen molar-refractivity contribution in [1.29, 1.82) is 0 Å². The summed E-state index contributed by atoms with van der Waals surface area (Å²) in [5.74, 6) is 0. The predicted molar refractivity (Wildman–Crippen MR) is 29.6 cm³/mol. The normalized spacial score (nSPS) is 11.4. The molecule has 0 aliphatic carbocycles. The van der Waals surface area contributed by atoms with E-state index in [1.54, 1.807) is 20.8 Å². The van der Waals surface area contributed by atoms with Crippen LogP contribution < -0.4 is 0 Å². The van der Waals surface area contributed by atoms with Crippen molar-refractivity contribution in [2.45, 2.75) is 26.4 Å². The molecular formula is C6H11O. The van der Waals surface area contributed by atoms with E-state index in [2.05, 4.69) is 6.58 Å². The van der Waals surface area contributed by atoms with Crippen molar-refractivity contribution in [3.63, 3.8) is 0 Å². The second-order valence-electron chi connectivity index (χ2n) is 2.29.